The quantitative estimate of drug-likeness (QED) is 0.770. The Morgan fingerprint density at radius 3 is 2.42 bits per heavy atom. The Hall–Kier alpha value is -0.510. The van der Waals surface area contributed by atoms with Gasteiger partial charge in [-0.1, -0.05) is 0 Å². The minimum atomic E-state index is 0. The van der Waals surface area contributed by atoms with Crippen LogP contribution in [0.4, 0.5) is 0 Å². The van der Waals surface area contributed by atoms with Crippen LogP contribution in [0, 0.1) is 0 Å². The van der Waals surface area contributed by atoms with Gasteiger partial charge in [0.2, 0.25) is 0 Å². The van der Waals surface area contributed by atoms with Gasteiger partial charge in [0.05, 0.1) is 6.20 Å². The van der Waals surface area contributed by atoms with Crippen LogP contribution in [0.5, 0.6) is 5.75 Å². The lowest BCUT2D eigenvalue weighted by atomic mass is 10.3. The molecule has 1 aromatic heterocycles. The fourth-order valence-electron chi connectivity index (χ4n) is 0.712. The summed E-state index contributed by atoms with van der Waals surface area (Å²) >= 11 is 0. The van der Waals surface area contributed by atoms with Gasteiger partial charge in [-0.15, -0.1) is 24.8 Å². The molecule has 0 radical (unpaired) electrons. The van der Waals surface area contributed by atoms with Gasteiger partial charge in [-0.25, -0.2) is 0 Å². The van der Waals surface area contributed by atoms with Crippen molar-refractivity contribution >= 4 is 24.8 Å². The van der Waals surface area contributed by atoms with Crippen LogP contribution in [0.3, 0.4) is 0 Å². The van der Waals surface area contributed by atoms with Gasteiger partial charge in [0.1, 0.15) is 5.75 Å². The topological polar surface area (TPSA) is 59.1 Å². The number of halogens is 2. The maximum atomic E-state index is 8.83. The Morgan fingerprint density at radius 1 is 1.33 bits per heavy atom. The smallest absolute Gasteiger partial charge is 0.133 e. The van der Waals surface area contributed by atoms with Crippen molar-refractivity contribution in [2.75, 3.05) is 6.54 Å². The van der Waals surface area contributed by atoms with E-state index in [1.54, 1.807) is 12.1 Å². The molecule has 1 aromatic rings. The first-order valence-corrected chi connectivity index (χ1v) is 3.17. The molecule has 0 aliphatic heterocycles. The Kier molecular flexibility index (Phi) is 8.37. The molecule has 3 nitrogen and oxygen atoms in total. The maximum absolute atomic E-state index is 8.83. The first-order chi connectivity index (χ1) is 4.83. The summed E-state index contributed by atoms with van der Waals surface area (Å²) < 4.78 is 0. The van der Waals surface area contributed by atoms with Gasteiger partial charge >= 0.3 is 0 Å². The Morgan fingerprint density at radius 2 is 2.00 bits per heavy atom. The predicted octanol–water partition coefficient (Wildman–Crippen LogP) is 1.13. The minimum absolute atomic E-state index is 0. The van der Waals surface area contributed by atoms with Gasteiger partial charge in [0.25, 0.3) is 0 Å². The molecule has 5 heteroatoms. The Labute approximate surface area is 83.8 Å². The molecule has 0 saturated heterocycles. The molecule has 12 heavy (non-hydrogen) atoms. The number of nitrogens with two attached hydrogens (primary N) is 1. The highest BCUT2D eigenvalue weighted by Gasteiger charge is 1.91. The molecule has 1 rings (SSSR count). The summed E-state index contributed by atoms with van der Waals surface area (Å²) in [5.41, 5.74) is 6.21. The number of hydrogen-bond donors (Lipinski definition) is 2. The second-order valence-electron chi connectivity index (χ2n) is 2.05. The van der Waals surface area contributed by atoms with Crippen molar-refractivity contribution in [1.82, 2.24) is 4.98 Å². The highest BCUT2D eigenvalue weighted by molar-refractivity contribution is 5.85. The molecule has 3 N–H and O–H groups in total. The van der Waals surface area contributed by atoms with Crippen molar-refractivity contribution in [3.8, 4) is 5.75 Å². The van der Waals surface area contributed by atoms with Crippen molar-refractivity contribution in [2.45, 2.75) is 6.42 Å². The number of aromatic hydroxyl groups is 1. The van der Waals surface area contributed by atoms with Crippen LogP contribution in [0.25, 0.3) is 0 Å². The van der Waals surface area contributed by atoms with E-state index in [0.29, 0.717) is 6.54 Å². The molecule has 0 spiro atoms. The van der Waals surface area contributed by atoms with Crippen LogP contribution >= 0.6 is 24.8 Å². The summed E-state index contributed by atoms with van der Waals surface area (Å²) in [6.07, 6.45) is 2.19. The molecule has 70 valence electrons. The largest absolute Gasteiger partial charge is 0.506 e. The first kappa shape index (κ1) is 14.0. The summed E-state index contributed by atoms with van der Waals surface area (Å²) in [6.45, 7) is 0.595. The molecule has 0 fully saturated rings. The first-order valence-electron chi connectivity index (χ1n) is 3.17. The fourth-order valence-corrected chi connectivity index (χ4v) is 0.712. The number of hydrogen-bond acceptors (Lipinski definition) is 3. The van der Waals surface area contributed by atoms with E-state index in [9.17, 15) is 0 Å². The van der Waals surface area contributed by atoms with Crippen molar-refractivity contribution in [3.63, 3.8) is 0 Å². The molecular formula is C7H12Cl2N2O. The molecular weight excluding hydrogens is 199 g/mol. The summed E-state index contributed by atoms with van der Waals surface area (Å²) in [5.74, 6) is 0.195. The van der Waals surface area contributed by atoms with Gasteiger partial charge in [-0.05, 0) is 18.7 Å². The van der Waals surface area contributed by atoms with E-state index in [-0.39, 0.29) is 30.6 Å². The second-order valence-corrected chi connectivity index (χ2v) is 2.05. The highest BCUT2D eigenvalue weighted by atomic mass is 35.5. The summed E-state index contributed by atoms with van der Waals surface area (Å²) in [5, 5.41) is 8.83. The van der Waals surface area contributed by atoms with Gasteiger partial charge < -0.3 is 10.8 Å². The van der Waals surface area contributed by atoms with Crippen LogP contribution in [-0.2, 0) is 6.42 Å². The lowest BCUT2D eigenvalue weighted by molar-refractivity contribution is 0.472. The zero-order valence-corrected chi connectivity index (χ0v) is 8.07. The van der Waals surface area contributed by atoms with Crippen molar-refractivity contribution in [3.05, 3.63) is 24.0 Å². The van der Waals surface area contributed by atoms with Crippen LogP contribution in [0.2, 0.25) is 0 Å². The molecule has 1 heterocycles. The van der Waals surface area contributed by atoms with Gasteiger partial charge in [0.15, 0.2) is 0 Å². The monoisotopic (exact) mass is 210 g/mol. The SMILES string of the molecule is Cl.Cl.NCCc1ccc(O)cn1. The average Bonchev–Trinajstić information content (AvgIpc) is 1.95. The molecule has 0 aliphatic rings. The van der Waals surface area contributed by atoms with Crippen LogP contribution in [0.1, 0.15) is 5.69 Å². The third-order valence-electron chi connectivity index (χ3n) is 1.21. The van der Waals surface area contributed by atoms with E-state index < -0.39 is 0 Å². The predicted molar refractivity (Wildman–Crippen MR) is 53.2 cm³/mol. The third-order valence-corrected chi connectivity index (χ3v) is 1.21. The lowest BCUT2D eigenvalue weighted by Gasteiger charge is -1.95. The van der Waals surface area contributed by atoms with Gasteiger partial charge in [0, 0.05) is 12.1 Å². The summed E-state index contributed by atoms with van der Waals surface area (Å²) in [7, 11) is 0. The third kappa shape index (κ3) is 4.38. The van der Waals surface area contributed by atoms with Crippen LogP contribution in [-0.4, -0.2) is 16.6 Å². The van der Waals surface area contributed by atoms with E-state index in [2.05, 4.69) is 4.98 Å². The van der Waals surface area contributed by atoms with Crippen LogP contribution < -0.4 is 5.73 Å². The molecule has 0 bridgehead atoms. The lowest BCUT2D eigenvalue weighted by Crippen LogP contribution is -2.03. The number of aromatic nitrogens is 1. The summed E-state index contributed by atoms with van der Waals surface area (Å²) in [6, 6.07) is 3.38. The minimum Gasteiger partial charge on any atom is -0.506 e. The normalized spacial score (nSPS) is 8.08. The highest BCUT2D eigenvalue weighted by Crippen LogP contribution is 2.05. The Balaban J connectivity index is 0. The van der Waals surface area contributed by atoms with Crippen molar-refractivity contribution < 1.29 is 5.11 Å². The van der Waals surface area contributed by atoms with Crippen molar-refractivity contribution in [1.29, 1.82) is 0 Å². The molecule has 0 aliphatic carbocycles. The number of pyridine rings is 1. The van der Waals surface area contributed by atoms with Crippen molar-refractivity contribution in [2.24, 2.45) is 5.73 Å². The average molecular weight is 211 g/mol. The number of rotatable bonds is 2. The molecule has 0 aromatic carbocycles. The summed E-state index contributed by atoms with van der Waals surface area (Å²) in [4.78, 5) is 3.94. The fraction of sp³-hybridized carbons (Fsp3) is 0.286. The van der Waals surface area contributed by atoms with E-state index in [0.717, 1.165) is 12.1 Å². The maximum Gasteiger partial charge on any atom is 0.133 e. The molecule has 0 atom stereocenters. The zero-order valence-electron chi connectivity index (χ0n) is 6.43. The second kappa shape index (κ2) is 7.16. The Bertz CT molecular complexity index is 203. The molecule has 0 saturated carbocycles. The standard InChI is InChI=1S/C7H10N2O.2ClH/c8-4-3-6-1-2-7(10)5-9-6;;/h1-2,5,10H,3-4,8H2;2*1H. The number of nitrogens with zero attached hydrogens (tertiary/aromatic N) is 1. The van der Waals surface area contributed by atoms with E-state index in [1.165, 1.54) is 6.20 Å². The van der Waals surface area contributed by atoms with Gasteiger partial charge in [-0.3, -0.25) is 4.98 Å². The van der Waals surface area contributed by atoms with E-state index in [1.807, 2.05) is 0 Å². The molecule has 0 amide bonds. The zero-order chi connectivity index (χ0) is 7.40. The van der Waals surface area contributed by atoms with Crippen LogP contribution in [0.15, 0.2) is 18.3 Å². The van der Waals surface area contributed by atoms with Gasteiger partial charge in [-0.2, -0.15) is 0 Å². The molecule has 0 unspecified atom stereocenters. The van der Waals surface area contributed by atoms with E-state index in [4.69, 9.17) is 10.8 Å². The van der Waals surface area contributed by atoms with E-state index >= 15 is 0 Å².